The molecule has 2 aromatic carbocycles. The van der Waals surface area contributed by atoms with E-state index in [4.69, 9.17) is 4.74 Å². The van der Waals surface area contributed by atoms with Crippen molar-refractivity contribution in [3.05, 3.63) is 65.5 Å². The van der Waals surface area contributed by atoms with Gasteiger partial charge in [0.1, 0.15) is 28.5 Å². The van der Waals surface area contributed by atoms with E-state index >= 15 is 0 Å². The molecule has 2 aromatic rings. The molecule has 1 N–H and O–H groups in total. The molecule has 1 amide bonds. The maximum absolute atomic E-state index is 13.4. The van der Waals surface area contributed by atoms with Crippen molar-refractivity contribution in [1.82, 2.24) is 5.32 Å². The number of aldehydes is 1. The highest BCUT2D eigenvalue weighted by atomic mass is 32.2. The fraction of sp³-hybridized carbons (Fsp3) is 0.364. The van der Waals surface area contributed by atoms with Gasteiger partial charge < -0.3 is 14.8 Å². The fourth-order valence-corrected chi connectivity index (χ4v) is 5.85. The van der Waals surface area contributed by atoms with E-state index in [1.54, 1.807) is 32.9 Å². The smallest absolute Gasteiger partial charge is 0.408 e. The third-order valence-corrected chi connectivity index (χ3v) is 7.26. The van der Waals surface area contributed by atoms with Crippen LogP contribution in [-0.4, -0.2) is 37.2 Å². The molecule has 1 aliphatic carbocycles. The van der Waals surface area contributed by atoms with Crippen LogP contribution < -0.4 is 5.32 Å². The van der Waals surface area contributed by atoms with Crippen LogP contribution in [0.5, 0.6) is 0 Å². The summed E-state index contributed by atoms with van der Waals surface area (Å²) in [5.41, 5.74) is -1.24. The van der Waals surface area contributed by atoms with Crippen molar-refractivity contribution in [2.24, 2.45) is 0 Å². The highest BCUT2D eigenvalue weighted by molar-refractivity contribution is 7.92. The van der Waals surface area contributed by atoms with Crippen LogP contribution in [0.3, 0.4) is 0 Å². The molecule has 0 unspecified atom stereocenters. The molecule has 0 aliphatic heterocycles. The van der Waals surface area contributed by atoms with Gasteiger partial charge in [0.2, 0.25) is 0 Å². The van der Waals surface area contributed by atoms with Crippen LogP contribution in [0.25, 0.3) is 0 Å². The van der Waals surface area contributed by atoms with Gasteiger partial charge in [-0.3, -0.25) is 0 Å². The quantitative estimate of drug-likeness (QED) is 0.729. The van der Waals surface area contributed by atoms with Crippen molar-refractivity contribution in [3.63, 3.8) is 0 Å². The summed E-state index contributed by atoms with van der Waals surface area (Å²) < 4.78 is 45.4. The van der Waals surface area contributed by atoms with Crippen molar-refractivity contribution < 1.29 is 27.1 Å². The predicted molar refractivity (Wildman–Crippen MR) is 109 cm³/mol. The van der Waals surface area contributed by atoms with Crippen molar-refractivity contribution in [1.29, 1.82) is 0 Å². The monoisotopic (exact) mass is 433 g/mol. The van der Waals surface area contributed by atoms with E-state index in [1.165, 1.54) is 36.4 Å². The number of nitrogens with one attached hydrogen (secondary N) is 1. The molecular formula is C22H24FNO5S. The van der Waals surface area contributed by atoms with E-state index in [0.29, 0.717) is 11.8 Å². The largest absolute Gasteiger partial charge is 0.444 e. The van der Waals surface area contributed by atoms with Crippen LogP contribution in [-0.2, 0) is 19.4 Å². The minimum atomic E-state index is -3.99. The number of sulfone groups is 1. The standard InChI is InChI=1S/C22H24FNO5S/c1-14-5-11-17(12-6-14)30(27,28)19-18(15-7-9-16(23)10-8-15)22(19,13-25)24-20(26)29-21(2,3)4/h5-13,18-19H,1-4H3,(H,24,26)/t18-,19-,22-/m1/s1. The number of ether oxygens (including phenoxy) is 1. The molecule has 1 aliphatic rings. The molecule has 1 fully saturated rings. The molecule has 160 valence electrons. The average molecular weight is 434 g/mol. The number of hydrogen-bond donors (Lipinski definition) is 1. The molecule has 0 heterocycles. The van der Waals surface area contributed by atoms with Crippen LogP contribution >= 0.6 is 0 Å². The van der Waals surface area contributed by atoms with Crippen LogP contribution in [0, 0.1) is 12.7 Å². The highest BCUT2D eigenvalue weighted by Gasteiger charge is 2.73. The molecule has 0 radical (unpaired) electrons. The Morgan fingerprint density at radius 2 is 1.67 bits per heavy atom. The number of hydrogen-bond acceptors (Lipinski definition) is 5. The number of carbonyl (C=O) groups excluding carboxylic acids is 2. The molecule has 6 nitrogen and oxygen atoms in total. The van der Waals surface area contributed by atoms with E-state index in [0.717, 1.165) is 5.56 Å². The maximum atomic E-state index is 13.4. The Morgan fingerprint density at radius 3 is 2.17 bits per heavy atom. The zero-order valence-corrected chi connectivity index (χ0v) is 18.0. The topological polar surface area (TPSA) is 89.5 Å². The Kier molecular flexibility index (Phi) is 5.49. The van der Waals surface area contributed by atoms with Gasteiger partial charge >= 0.3 is 6.09 Å². The zero-order chi connectivity index (χ0) is 22.3. The molecule has 0 spiro atoms. The summed E-state index contributed by atoms with van der Waals surface area (Å²) in [4.78, 5) is 24.6. The summed E-state index contributed by atoms with van der Waals surface area (Å²) in [7, 11) is -3.99. The van der Waals surface area contributed by atoms with Crippen LogP contribution in [0.4, 0.5) is 9.18 Å². The summed E-state index contributed by atoms with van der Waals surface area (Å²) in [5, 5.41) is 1.22. The SMILES string of the molecule is Cc1ccc(S(=O)(=O)[C@@H]2[C@@H](c3ccc(F)cc3)[C@@]2(C=O)NC(=O)OC(C)(C)C)cc1. The Balaban J connectivity index is 2.04. The van der Waals surface area contributed by atoms with Crippen LogP contribution in [0.2, 0.25) is 0 Å². The van der Waals surface area contributed by atoms with Gasteiger partial charge in [-0.1, -0.05) is 29.8 Å². The van der Waals surface area contributed by atoms with Gasteiger partial charge in [0, 0.05) is 5.92 Å². The Bertz CT molecular complexity index is 1060. The molecule has 1 saturated carbocycles. The lowest BCUT2D eigenvalue weighted by atomic mass is 10.1. The van der Waals surface area contributed by atoms with E-state index in [1.807, 2.05) is 6.92 Å². The molecule has 8 heteroatoms. The molecule has 0 saturated heterocycles. The Hall–Kier alpha value is -2.74. The minimum absolute atomic E-state index is 0.0416. The van der Waals surface area contributed by atoms with Crippen LogP contribution in [0.15, 0.2) is 53.4 Å². The minimum Gasteiger partial charge on any atom is -0.444 e. The molecular weight excluding hydrogens is 409 g/mol. The summed E-state index contributed by atoms with van der Waals surface area (Å²) in [6.07, 6.45) is -0.468. The van der Waals surface area contributed by atoms with Gasteiger partial charge in [-0.05, 0) is 57.5 Å². The van der Waals surface area contributed by atoms with Gasteiger partial charge in [-0.15, -0.1) is 0 Å². The van der Waals surface area contributed by atoms with Crippen LogP contribution in [0.1, 0.15) is 37.8 Å². The van der Waals surface area contributed by atoms with Crippen molar-refractivity contribution in [3.8, 4) is 0 Å². The van der Waals surface area contributed by atoms with Crippen molar-refractivity contribution >= 4 is 22.2 Å². The molecule has 0 bridgehead atoms. The number of alkyl carbamates (subject to hydrolysis) is 1. The van der Waals surface area contributed by atoms with Gasteiger partial charge in [0.05, 0.1) is 4.90 Å². The average Bonchev–Trinajstić information content (AvgIpc) is 3.30. The predicted octanol–water partition coefficient (Wildman–Crippen LogP) is 3.54. The first kappa shape index (κ1) is 22.0. The lowest BCUT2D eigenvalue weighted by Crippen LogP contribution is -2.45. The molecule has 30 heavy (non-hydrogen) atoms. The number of benzene rings is 2. The van der Waals surface area contributed by atoms with Crippen molar-refractivity contribution in [2.75, 3.05) is 0 Å². The van der Waals surface area contributed by atoms with Gasteiger partial charge in [-0.2, -0.15) is 0 Å². The summed E-state index contributed by atoms with van der Waals surface area (Å²) in [5.74, 6) is -1.37. The molecule has 3 rings (SSSR count). The normalized spacial score (nSPS) is 23.5. The second-order valence-electron chi connectivity index (χ2n) is 8.49. The maximum Gasteiger partial charge on any atom is 0.408 e. The third kappa shape index (κ3) is 4.09. The highest BCUT2D eigenvalue weighted by Crippen LogP contribution is 2.56. The Labute approximate surface area is 175 Å². The second kappa shape index (κ2) is 7.50. The Morgan fingerprint density at radius 1 is 1.10 bits per heavy atom. The summed E-state index contributed by atoms with van der Waals surface area (Å²) in [6, 6.07) is 11.5. The third-order valence-electron chi connectivity index (χ3n) is 5.00. The van der Waals surface area contributed by atoms with E-state index in [-0.39, 0.29) is 4.90 Å². The summed E-state index contributed by atoms with van der Waals surface area (Å²) >= 11 is 0. The van der Waals surface area contributed by atoms with E-state index < -0.39 is 44.1 Å². The molecule has 3 atom stereocenters. The second-order valence-corrected chi connectivity index (χ2v) is 10.6. The van der Waals surface area contributed by atoms with E-state index in [2.05, 4.69) is 5.32 Å². The first-order valence-corrected chi connectivity index (χ1v) is 11.0. The number of halogens is 1. The van der Waals surface area contributed by atoms with Gasteiger partial charge in [0.25, 0.3) is 0 Å². The van der Waals surface area contributed by atoms with Gasteiger partial charge in [0.15, 0.2) is 9.84 Å². The first-order valence-electron chi connectivity index (χ1n) is 9.44. The fourth-order valence-electron chi connectivity index (χ4n) is 3.60. The first-order chi connectivity index (χ1) is 13.9. The lowest BCUT2D eigenvalue weighted by Gasteiger charge is -2.22. The number of carbonyl (C=O) groups is 2. The van der Waals surface area contributed by atoms with E-state index in [9.17, 15) is 22.4 Å². The van der Waals surface area contributed by atoms with Crippen molar-refractivity contribution in [2.45, 2.75) is 54.9 Å². The number of aryl methyl sites for hydroxylation is 1. The summed E-state index contributed by atoms with van der Waals surface area (Å²) in [6.45, 7) is 6.80. The number of amides is 1. The lowest BCUT2D eigenvalue weighted by molar-refractivity contribution is -0.110. The number of rotatable bonds is 5. The zero-order valence-electron chi connectivity index (χ0n) is 17.2. The molecule has 0 aromatic heterocycles. The van der Waals surface area contributed by atoms with Gasteiger partial charge in [-0.25, -0.2) is 17.6 Å².